The molecule has 0 bridgehead atoms. The van der Waals surface area contributed by atoms with Crippen molar-refractivity contribution in [3.8, 4) is 17.6 Å². The van der Waals surface area contributed by atoms with Crippen LogP contribution in [0.5, 0.6) is 11.5 Å². The lowest BCUT2D eigenvalue weighted by atomic mass is 10.0. The molecular weight excluding hydrogens is 546 g/mol. The van der Waals surface area contributed by atoms with E-state index in [9.17, 15) is 28.5 Å². The number of carbonyl (C=O) groups is 1. The van der Waals surface area contributed by atoms with Crippen molar-refractivity contribution in [3.63, 3.8) is 0 Å². The number of amides is 1. The monoisotopic (exact) mass is 581 g/mol. The summed E-state index contributed by atoms with van der Waals surface area (Å²) in [6.45, 7) is 5.29. The molecule has 0 saturated heterocycles. The normalized spacial score (nSPS) is 13.0. The number of carboxylic acid groups (broad SMARTS) is 1. The van der Waals surface area contributed by atoms with Crippen molar-refractivity contribution in [2.75, 3.05) is 13.1 Å². The summed E-state index contributed by atoms with van der Waals surface area (Å²) in [5.74, 6) is 0.462. The summed E-state index contributed by atoms with van der Waals surface area (Å²) >= 11 is 0. The molecule has 0 aliphatic carbocycles. The summed E-state index contributed by atoms with van der Waals surface area (Å²) in [4.78, 5) is 11.5. The SMILES string of the molecule is Cc1cc(S(=O)(=O)N(CC(C)C)C[C@@H](O)[C@H](Cc2ccc(OCc3cccc(C#N)c3)cc2)NC(=O)O)ccc1O. The third kappa shape index (κ3) is 8.94. The minimum Gasteiger partial charge on any atom is -0.508 e. The van der Waals surface area contributed by atoms with Gasteiger partial charge >= 0.3 is 6.09 Å². The molecule has 0 aromatic heterocycles. The van der Waals surface area contributed by atoms with Gasteiger partial charge in [0.1, 0.15) is 18.1 Å². The third-order valence-corrected chi connectivity index (χ3v) is 8.21. The number of aryl methyl sites for hydroxylation is 1. The molecule has 1 amide bonds. The van der Waals surface area contributed by atoms with Crippen LogP contribution in [0.4, 0.5) is 4.79 Å². The van der Waals surface area contributed by atoms with Crippen molar-refractivity contribution in [1.82, 2.24) is 9.62 Å². The Balaban J connectivity index is 1.74. The summed E-state index contributed by atoms with van der Waals surface area (Å²) in [5, 5.41) is 41.7. The number of hydrogen-bond acceptors (Lipinski definition) is 7. The second-order valence-electron chi connectivity index (χ2n) is 10.2. The molecule has 0 radical (unpaired) electrons. The molecule has 3 aromatic carbocycles. The van der Waals surface area contributed by atoms with Crippen LogP contribution in [-0.4, -0.2) is 59.4 Å². The number of nitrogens with one attached hydrogen (secondary N) is 1. The van der Waals surface area contributed by atoms with Crippen molar-refractivity contribution < 1.29 is 33.3 Å². The fraction of sp³-hybridized carbons (Fsp3) is 0.333. The first-order valence-corrected chi connectivity index (χ1v) is 14.5. The van der Waals surface area contributed by atoms with E-state index in [0.29, 0.717) is 22.4 Å². The minimum atomic E-state index is -4.05. The number of nitrogens with zero attached hydrogens (tertiary/aromatic N) is 2. The van der Waals surface area contributed by atoms with Gasteiger partial charge < -0.3 is 25.4 Å². The molecule has 0 saturated carbocycles. The molecular formula is C30H35N3O7S. The van der Waals surface area contributed by atoms with Gasteiger partial charge in [0.25, 0.3) is 0 Å². The van der Waals surface area contributed by atoms with E-state index in [1.165, 1.54) is 18.2 Å². The first-order chi connectivity index (χ1) is 19.4. The second-order valence-corrected chi connectivity index (χ2v) is 12.2. The van der Waals surface area contributed by atoms with Gasteiger partial charge in [0.05, 0.1) is 28.7 Å². The summed E-state index contributed by atoms with van der Waals surface area (Å²) in [6, 6.07) is 19.1. The van der Waals surface area contributed by atoms with Crippen molar-refractivity contribution >= 4 is 16.1 Å². The standard InChI is InChI=1S/C30H35N3O7S/c1-20(2)17-33(41(38,39)26-11-12-28(34)21(3)13-26)18-29(35)27(32-30(36)37)15-22-7-9-25(10-8-22)40-19-24-6-4-5-23(14-24)16-31/h4-14,20,27,29,32,34-35H,15,17-19H2,1-3H3,(H,36,37)/t27-,29+/m0/s1. The Bertz CT molecular complexity index is 1480. The van der Waals surface area contributed by atoms with Gasteiger partial charge in [0, 0.05) is 13.1 Å². The summed E-state index contributed by atoms with van der Waals surface area (Å²) < 4.78 is 33.9. The first-order valence-electron chi connectivity index (χ1n) is 13.1. The smallest absolute Gasteiger partial charge is 0.404 e. The van der Waals surface area contributed by atoms with Crippen LogP contribution >= 0.6 is 0 Å². The molecule has 10 nitrogen and oxygen atoms in total. The maximum Gasteiger partial charge on any atom is 0.404 e. The minimum absolute atomic E-state index is 0.0293. The van der Waals surface area contributed by atoms with Crippen LogP contribution in [0.2, 0.25) is 0 Å². The molecule has 0 aliphatic rings. The molecule has 0 aliphatic heterocycles. The second kappa shape index (κ2) is 14.0. The molecule has 0 fully saturated rings. The van der Waals surface area contributed by atoms with Crippen LogP contribution in [0.3, 0.4) is 0 Å². The zero-order valence-corrected chi connectivity index (χ0v) is 24.0. The molecule has 3 aromatic rings. The zero-order valence-electron chi connectivity index (χ0n) is 23.2. The lowest BCUT2D eigenvalue weighted by Gasteiger charge is -2.30. The number of ether oxygens (including phenoxy) is 1. The Kier molecular flexibility index (Phi) is 10.7. The van der Waals surface area contributed by atoms with Gasteiger partial charge in [-0.1, -0.05) is 38.1 Å². The molecule has 218 valence electrons. The maximum absolute atomic E-state index is 13.5. The van der Waals surface area contributed by atoms with Gasteiger partial charge in [-0.15, -0.1) is 0 Å². The third-order valence-electron chi connectivity index (χ3n) is 6.38. The summed E-state index contributed by atoms with van der Waals surface area (Å²) in [7, 11) is -4.05. The highest BCUT2D eigenvalue weighted by Gasteiger charge is 2.31. The lowest BCUT2D eigenvalue weighted by Crippen LogP contribution is -2.50. The van der Waals surface area contributed by atoms with E-state index < -0.39 is 28.3 Å². The van der Waals surface area contributed by atoms with Crippen LogP contribution in [0, 0.1) is 24.2 Å². The van der Waals surface area contributed by atoms with Crippen molar-refractivity contribution in [1.29, 1.82) is 5.26 Å². The Labute approximate surface area is 240 Å². The van der Waals surface area contributed by atoms with Crippen LogP contribution in [-0.2, 0) is 23.1 Å². The van der Waals surface area contributed by atoms with Crippen LogP contribution in [0.25, 0.3) is 0 Å². The number of aliphatic hydroxyl groups is 1. The highest BCUT2D eigenvalue weighted by atomic mass is 32.2. The fourth-order valence-corrected chi connectivity index (χ4v) is 5.97. The van der Waals surface area contributed by atoms with Gasteiger partial charge in [-0.3, -0.25) is 0 Å². The first kappa shape index (κ1) is 31.4. The zero-order chi connectivity index (χ0) is 30.2. The van der Waals surface area contributed by atoms with Crippen LogP contribution in [0.15, 0.2) is 71.6 Å². The van der Waals surface area contributed by atoms with E-state index in [2.05, 4.69) is 11.4 Å². The Hall–Kier alpha value is -4.11. The molecule has 3 rings (SSSR count). The largest absolute Gasteiger partial charge is 0.508 e. The quantitative estimate of drug-likeness (QED) is 0.235. The van der Waals surface area contributed by atoms with E-state index in [-0.39, 0.29) is 42.7 Å². The summed E-state index contributed by atoms with van der Waals surface area (Å²) in [5.41, 5.74) is 2.47. The predicted octanol–water partition coefficient (Wildman–Crippen LogP) is 4.04. The highest BCUT2D eigenvalue weighted by molar-refractivity contribution is 7.89. The van der Waals surface area contributed by atoms with Crippen LogP contribution in [0.1, 0.15) is 36.1 Å². The molecule has 11 heteroatoms. The Morgan fingerprint density at radius 3 is 2.37 bits per heavy atom. The van der Waals surface area contributed by atoms with Gasteiger partial charge in [-0.2, -0.15) is 9.57 Å². The highest BCUT2D eigenvalue weighted by Crippen LogP contribution is 2.24. The van der Waals surface area contributed by atoms with E-state index in [0.717, 1.165) is 9.87 Å². The van der Waals surface area contributed by atoms with E-state index in [1.807, 2.05) is 19.9 Å². The number of aliphatic hydroxyl groups excluding tert-OH is 1. The van der Waals surface area contributed by atoms with Crippen molar-refractivity contribution in [3.05, 3.63) is 89.0 Å². The predicted molar refractivity (Wildman–Crippen MR) is 153 cm³/mol. The van der Waals surface area contributed by atoms with Crippen LogP contribution < -0.4 is 10.1 Å². The summed E-state index contributed by atoms with van der Waals surface area (Å²) in [6.07, 6.45) is -2.60. The van der Waals surface area contributed by atoms with E-state index >= 15 is 0 Å². The number of rotatable bonds is 13. The van der Waals surface area contributed by atoms with E-state index in [1.54, 1.807) is 49.4 Å². The Morgan fingerprint density at radius 1 is 1.05 bits per heavy atom. The average molecular weight is 582 g/mol. The van der Waals surface area contributed by atoms with Gasteiger partial charge in [0.2, 0.25) is 10.0 Å². The average Bonchev–Trinajstić information content (AvgIpc) is 2.93. The van der Waals surface area contributed by atoms with E-state index in [4.69, 9.17) is 10.00 Å². The topological polar surface area (TPSA) is 160 Å². The van der Waals surface area contributed by atoms with Crippen molar-refractivity contribution in [2.45, 2.75) is 50.8 Å². The van der Waals surface area contributed by atoms with Gasteiger partial charge in [-0.05, 0) is 78.4 Å². The number of phenols is 1. The number of aromatic hydroxyl groups is 1. The number of nitriles is 1. The number of sulfonamides is 1. The Morgan fingerprint density at radius 2 is 1.76 bits per heavy atom. The molecule has 0 unspecified atom stereocenters. The van der Waals surface area contributed by atoms with Crippen molar-refractivity contribution in [2.24, 2.45) is 5.92 Å². The number of hydrogen-bond donors (Lipinski definition) is 4. The number of benzene rings is 3. The molecule has 41 heavy (non-hydrogen) atoms. The molecule has 4 N–H and O–H groups in total. The fourth-order valence-electron chi connectivity index (χ4n) is 4.27. The molecule has 0 spiro atoms. The number of phenolic OH excluding ortho intramolecular Hbond substituents is 1. The van der Waals surface area contributed by atoms with Gasteiger partial charge in [0.15, 0.2) is 0 Å². The van der Waals surface area contributed by atoms with Gasteiger partial charge in [-0.25, -0.2) is 13.2 Å². The molecule has 0 heterocycles. The lowest BCUT2D eigenvalue weighted by molar-refractivity contribution is 0.0980. The molecule has 2 atom stereocenters. The maximum atomic E-state index is 13.5.